The minimum absolute atomic E-state index is 0.0797. The minimum Gasteiger partial charge on any atom is -0.464 e. The number of nitrogens with zero attached hydrogens (tertiary/aromatic N) is 1. The van der Waals surface area contributed by atoms with Gasteiger partial charge in [0, 0.05) is 12.7 Å². The van der Waals surface area contributed by atoms with Crippen molar-refractivity contribution in [1.29, 1.82) is 0 Å². The van der Waals surface area contributed by atoms with E-state index in [0.717, 1.165) is 21.6 Å². The smallest absolute Gasteiger partial charge is 0.417 e. The van der Waals surface area contributed by atoms with Crippen LogP contribution in [0.1, 0.15) is 51.3 Å². The second-order valence-corrected chi connectivity index (χ2v) is 11.0. The van der Waals surface area contributed by atoms with E-state index in [1.54, 1.807) is 27.7 Å². The number of rotatable bonds is 9. The first kappa shape index (κ1) is 29.0. The second kappa shape index (κ2) is 12.8. The molecule has 200 valence electrons. The van der Waals surface area contributed by atoms with Crippen LogP contribution in [0.2, 0.25) is 0 Å². The van der Waals surface area contributed by atoms with Gasteiger partial charge in [-0.25, -0.2) is 14.5 Å². The number of amides is 2. The van der Waals surface area contributed by atoms with Crippen LogP contribution in [0.3, 0.4) is 0 Å². The molecule has 6 nitrogen and oxygen atoms in total. The van der Waals surface area contributed by atoms with E-state index in [1.807, 2.05) is 91.0 Å². The maximum atomic E-state index is 13.2. The van der Waals surface area contributed by atoms with Gasteiger partial charge in [0.2, 0.25) is 5.91 Å². The summed E-state index contributed by atoms with van der Waals surface area (Å²) in [5.74, 6) is -1.18. The molecule has 3 rings (SSSR count). The Hall–Kier alpha value is -3.58. The molecule has 0 spiro atoms. The van der Waals surface area contributed by atoms with Crippen molar-refractivity contribution >= 4 is 29.7 Å². The van der Waals surface area contributed by atoms with Crippen molar-refractivity contribution in [3.05, 3.63) is 108 Å². The first-order valence-electron chi connectivity index (χ1n) is 12.6. The van der Waals surface area contributed by atoms with Crippen molar-refractivity contribution in [3.8, 4) is 0 Å². The Bertz CT molecular complexity index is 1110. The summed E-state index contributed by atoms with van der Waals surface area (Å²) in [5, 5.41) is 0. The molecule has 0 saturated heterocycles. The van der Waals surface area contributed by atoms with Gasteiger partial charge < -0.3 is 9.47 Å². The second-order valence-electron chi connectivity index (χ2n) is 9.73. The van der Waals surface area contributed by atoms with Gasteiger partial charge in [-0.15, -0.1) is 11.8 Å². The summed E-state index contributed by atoms with van der Waals surface area (Å²) >= 11 is 1.47. The fourth-order valence-electron chi connectivity index (χ4n) is 4.25. The molecule has 0 bridgehead atoms. The lowest BCUT2D eigenvalue weighted by atomic mass is 9.84. The van der Waals surface area contributed by atoms with Crippen LogP contribution >= 0.6 is 11.8 Å². The lowest BCUT2D eigenvalue weighted by Crippen LogP contribution is -2.52. The van der Waals surface area contributed by atoms with Crippen molar-refractivity contribution in [2.45, 2.75) is 51.0 Å². The summed E-state index contributed by atoms with van der Waals surface area (Å²) in [4.78, 5) is 40.0. The topological polar surface area (TPSA) is 72.9 Å². The van der Waals surface area contributed by atoms with Crippen LogP contribution in [0.15, 0.2) is 91.0 Å². The molecule has 2 amide bonds. The number of carbonyl (C=O) groups is 3. The Labute approximate surface area is 229 Å². The molecule has 0 aliphatic carbocycles. The summed E-state index contributed by atoms with van der Waals surface area (Å²) < 4.78 is 10.1. The van der Waals surface area contributed by atoms with Crippen molar-refractivity contribution in [1.82, 2.24) is 4.90 Å². The number of imide groups is 1. The quantitative estimate of drug-likeness (QED) is 0.233. The number of benzene rings is 3. The third-order valence-corrected chi connectivity index (χ3v) is 7.42. The summed E-state index contributed by atoms with van der Waals surface area (Å²) in [6, 6.07) is 28.8. The van der Waals surface area contributed by atoms with Crippen LogP contribution in [-0.2, 0) is 23.8 Å². The first-order chi connectivity index (χ1) is 18.1. The molecule has 0 aliphatic heterocycles. The molecule has 7 heteroatoms. The third kappa shape index (κ3) is 6.84. The van der Waals surface area contributed by atoms with Gasteiger partial charge in [-0.05, 0) is 44.4 Å². The molecule has 1 atom stereocenters. The lowest BCUT2D eigenvalue weighted by molar-refractivity contribution is -0.152. The largest absolute Gasteiger partial charge is 0.464 e. The monoisotopic (exact) mass is 533 g/mol. The van der Waals surface area contributed by atoms with Crippen molar-refractivity contribution in [2.24, 2.45) is 0 Å². The third-order valence-electron chi connectivity index (χ3n) is 5.80. The zero-order valence-corrected chi connectivity index (χ0v) is 23.4. The zero-order chi connectivity index (χ0) is 27.8. The van der Waals surface area contributed by atoms with Crippen LogP contribution in [0.5, 0.6) is 0 Å². The van der Waals surface area contributed by atoms with Gasteiger partial charge in [0.15, 0.2) is 0 Å². The number of thioether (sulfide) groups is 1. The molecule has 0 saturated carbocycles. The van der Waals surface area contributed by atoms with Crippen LogP contribution in [0, 0.1) is 0 Å². The van der Waals surface area contributed by atoms with E-state index in [9.17, 15) is 14.4 Å². The van der Waals surface area contributed by atoms with Gasteiger partial charge in [-0.3, -0.25) is 4.79 Å². The molecule has 0 unspecified atom stereocenters. The van der Waals surface area contributed by atoms with Crippen molar-refractivity contribution < 1.29 is 23.9 Å². The molecule has 38 heavy (non-hydrogen) atoms. The average molecular weight is 534 g/mol. The van der Waals surface area contributed by atoms with Crippen molar-refractivity contribution in [3.63, 3.8) is 0 Å². The number of hydrogen-bond acceptors (Lipinski definition) is 6. The van der Waals surface area contributed by atoms with E-state index < -0.39 is 34.4 Å². The summed E-state index contributed by atoms with van der Waals surface area (Å²) in [7, 11) is 0. The first-order valence-corrected chi connectivity index (χ1v) is 13.6. The highest BCUT2D eigenvalue weighted by Crippen LogP contribution is 2.49. The Morgan fingerprint density at radius 2 is 1.21 bits per heavy atom. The molecule has 0 fully saturated rings. The molecule has 0 heterocycles. The Morgan fingerprint density at radius 3 is 1.55 bits per heavy atom. The maximum Gasteiger partial charge on any atom is 0.417 e. The van der Waals surface area contributed by atoms with Gasteiger partial charge in [0.05, 0.1) is 11.4 Å². The highest BCUT2D eigenvalue weighted by molar-refractivity contribution is 8.00. The van der Waals surface area contributed by atoms with Crippen LogP contribution in [0.25, 0.3) is 0 Å². The van der Waals surface area contributed by atoms with E-state index in [-0.39, 0.29) is 12.4 Å². The number of ether oxygens (including phenoxy) is 2. The number of carbonyl (C=O) groups excluding carboxylic acids is 3. The van der Waals surface area contributed by atoms with Crippen LogP contribution < -0.4 is 0 Å². The fraction of sp³-hybridized carbons (Fsp3) is 0.323. The number of esters is 1. The van der Waals surface area contributed by atoms with E-state index >= 15 is 0 Å². The lowest BCUT2D eigenvalue weighted by Gasteiger charge is -2.37. The van der Waals surface area contributed by atoms with Gasteiger partial charge >= 0.3 is 12.1 Å². The maximum absolute atomic E-state index is 13.2. The van der Waals surface area contributed by atoms with Gasteiger partial charge in [-0.2, -0.15) is 0 Å². The van der Waals surface area contributed by atoms with Crippen molar-refractivity contribution in [2.75, 3.05) is 12.4 Å². The fourth-order valence-corrected chi connectivity index (χ4v) is 5.85. The molecule has 0 aliphatic rings. The molecular weight excluding hydrogens is 498 g/mol. The van der Waals surface area contributed by atoms with E-state index in [2.05, 4.69) is 0 Å². The summed E-state index contributed by atoms with van der Waals surface area (Å²) in [6.45, 7) is 8.19. The molecule has 0 N–H and O–H groups in total. The number of hydrogen-bond donors (Lipinski definition) is 0. The van der Waals surface area contributed by atoms with E-state index in [4.69, 9.17) is 9.47 Å². The normalized spacial score (nSPS) is 12.3. The minimum atomic E-state index is -1.19. The Morgan fingerprint density at radius 1 is 0.789 bits per heavy atom. The van der Waals surface area contributed by atoms with E-state index in [1.165, 1.54) is 18.7 Å². The molecule has 3 aromatic rings. The van der Waals surface area contributed by atoms with Crippen LogP contribution in [0.4, 0.5) is 4.79 Å². The molecule has 0 aromatic heterocycles. The Balaban J connectivity index is 2.16. The molecule has 0 radical (unpaired) electrons. The van der Waals surface area contributed by atoms with Gasteiger partial charge in [-0.1, -0.05) is 91.0 Å². The summed E-state index contributed by atoms with van der Waals surface area (Å²) in [6.07, 6.45) is -0.881. The molecule has 3 aromatic carbocycles. The highest BCUT2D eigenvalue weighted by atomic mass is 32.2. The highest BCUT2D eigenvalue weighted by Gasteiger charge is 2.42. The average Bonchev–Trinajstić information content (AvgIpc) is 2.89. The van der Waals surface area contributed by atoms with Gasteiger partial charge in [0.25, 0.3) is 0 Å². The Kier molecular flexibility index (Phi) is 9.75. The van der Waals surface area contributed by atoms with E-state index in [0.29, 0.717) is 0 Å². The SMILES string of the molecule is CCOC(=O)[C@H](CSC(c1ccccc1)(c1ccccc1)c1ccccc1)N(C(C)=O)C(=O)OC(C)(C)C. The predicted molar refractivity (Wildman–Crippen MR) is 151 cm³/mol. The van der Waals surface area contributed by atoms with Crippen LogP contribution in [-0.4, -0.2) is 46.9 Å². The zero-order valence-electron chi connectivity index (χ0n) is 22.5. The van der Waals surface area contributed by atoms with Gasteiger partial charge in [0.1, 0.15) is 11.6 Å². The summed E-state index contributed by atoms with van der Waals surface area (Å²) in [5.41, 5.74) is 2.14. The molecular formula is C31H35NO5S. The standard InChI is InChI=1S/C31H35NO5S/c1-6-36-28(34)27(32(23(2)33)29(35)37-30(3,4)5)22-38-31(24-16-10-7-11-17-24,25-18-12-8-13-19-25)26-20-14-9-15-21-26/h7-21,27H,6,22H2,1-5H3/t27-/m0/s1. The predicted octanol–water partition coefficient (Wildman–Crippen LogP) is 6.43.